The largest absolute Gasteiger partial charge is 0.434 e. The third-order valence-electron chi connectivity index (χ3n) is 5.67. The van der Waals surface area contributed by atoms with E-state index < -0.39 is 24.7 Å². The van der Waals surface area contributed by atoms with Gasteiger partial charge in [0.15, 0.2) is 5.65 Å². The summed E-state index contributed by atoms with van der Waals surface area (Å²) in [6, 6.07) is 5.38. The number of piperidine rings is 1. The molecule has 190 valence electrons. The first-order valence-electron chi connectivity index (χ1n) is 10.7. The van der Waals surface area contributed by atoms with Crippen LogP contribution in [0.1, 0.15) is 22.8 Å². The van der Waals surface area contributed by atoms with E-state index in [4.69, 9.17) is 11.6 Å². The van der Waals surface area contributed by atoms with Crippen LogP contribution in [0.2, 0.25) is 5.02 Å². The summed E-state index contributed by atoms with van der Waals surface area (Å²) in [6.45, 7) is -1.99. The Hall–Kier alpha value is -3.32. The highest BCUT2D eigenvalue weighted by Crippen LogP contribution is 2.38. The van der Waals surface area contributed by atoms with Gasteiger partial charge in [-0.15, -0.1) is 12.4 Å². The van der Waals surface area contributed by atoms with Crippen molar-refractivity contribution in [1.29, 1.82) is 0 Å². The lowest BCUT2D eigenvalue weighted by Gasteiger charge is -2.28. The first-order chi connectivity index (χ1) is 16.9. The molecule has 1 fully saturated rings. The van der Waals surface area contributed by atoms with E-state index in [0.717, 1.165) is 0 Å². The van der Waals surface area contributed by atoms with Crippen molar-refractivity contribution in [1.82, 2.24) is 29.7 Å². The Morgan fingerprint density at radius 1 is 1.36 bits per heavy atom. The molecule has 14 heteroatoms. The molecule has 3 N–H and O–H groups in total. The fourth-order valence-corrected chi connectivity index (χ4v) is 4.19. The number of hydrogen-bond donors (Lipinski definition) is 3. The molecule has 36 heavy (non-hydrogen) atoms. The summed E-state index contributed by atoms with van der Waals surface area (Å²) in [5.74, 6) is -0.690. The van der Waals surface area contributed by atoms with Crippen molar-refractivity contribution in [2.45, 2.75) is 25.2 Å². The van der Waals surface area contributed by atoms with Crippen LogP contribution in [0.5, 0.6) is 5.75 Å². The van der Waals surface area contributed by atoms with Crippen molar-refractivity contribution >= 4 is 41.2 Å². The third kappa shape index (κ3) is 5.12. The van der Waals surface area contributed by atoms with Gasteiger partial charge in [0.1, 0.15) is 17.0 Å². The number of aliphatic hydroxyl groups excluding tert-OH is 1. The van der Waals surface area contributed by atoms with Gasteiger partial charge in [-0.3, -0.25) is 9.48 Å². The smallest absolute Gasteiger partial charge is 0.387 e. The minimum Gasteiger partial charge on any atom is -0.434 e. The molecule has 3 aromatic heterocycles. The molecule has 5 rings (SSSR count). The van der Waals surface area contributed by atoms with Crippen LogP contribution >= 0.6 is 24.0 Å². The number of rotatable bonds is 6. The zero-order valence-corrected chi connectivity index (χ0v) is 20.1. The van der Waals surface area contributed by atoms with E-state index in [1.165, 1.54) is 39.8 Å². The number of fused-ring (bicyclic) bond motifs is 1. The number of alkyl halides is 2. The summed E-state index contributed by atoms with van der Waals surface area (Å²) in [4.78, 5) is 17.4. The highest BCUT2D eigenvalue weighted by molar-refractivity contribution is 6.31. The highest BCUT2D eigenvalue weighted by atomic mass is 35.5. The molecule has 0 radical (unpaired) electrons. The van der Waals surface area contributed by atoms with E-state index in [1.807, 2.05) is 0 Å². The molecule has 2 atom stereocenters. The Morgan fingerprint density at radius 2 is 2.19 bits per heavy atom. The third-order valence-corrected chi connectivity index (χ3v) is 5.91. The molecular formula is C22H21Cl2F2N7O3. The van der Waals surface area contributed by atoms with Crippen molar-refractivity contribution < 1.29 is 23.4 Å². The number of aliphatic hydroxyl groups is 1. The number of carbonyl (C=O) groups excluding carboxylic acids is 1. The Balaban J connectivity index is 0.00000304. The standard InChI is InChI=1S/C22H20ClF2N7O3.ClH/c23-12-2-3-18(35-22(24)25)13(8-12)19-15(11-32(30-19)16-10-26-6-4-17(16)33)29-21(34)14-9-28-31-7-1-5-27-20(14)31;/h1-3,5,7-9,11,16-17,22,26,33H,4,6,10H2,(H,29,34);1H/t16-,17-;/m1./s1. The van der Waals surface area contributed by atoms with E-state index in [1.54, 1.807) is 18.5 Å². The predicted octanol–water partition coefficient (Wildman–Crippen LogP) is 3.42. The molecule has 0 bridgehead atoms. The molecule has 0 aliphatic carbocycles. The van der Waals surface area contributed by atoms with Gasteiger partial charge < -0.3 is 20.5 Å². The van der Waals surface area contributed by atoms with E-state index in [9.17, 15) is 18.7 Å². The van der Waals surface area contributed by atoms with Crippen LogP contribution in [-0.4, -0.2) is 61.2 Å². The number of hydrogen-bond acceptors (Lipinski definition) is 7. The summed E-state index contributed by atoms with van der Waals surface area (Å²) in [6.07, 6.45) is 5.93. The summed E-state index contributed by atoms with van der Waals surface area (Å²) < 4.78 is 33.8. The molecule has 10 nitrogen and oxygen atoms in total. The van der Waals surface area contributed by atoms with Crippen LogP contribution in [0.15, 0.2) is 49.1 Å². The van der Waals surface area contributed by atoms with Gasteiger partial charge in [-0.25, -0.2) is 9.50 Å². The lowest BCUT2D eigenvalue weighted by Crippen LogP contribution is -2.41. The van der Waals surface area contributed by atoms with Crippen molar-refractivity contribution in [3.05, 3.63) is 59.6 Å². The molecule has 1 saturated heterocycles. The molecule has 1 aromatic carbocycles. The molecule has 0 spiro atoms. The first kappa shape index (κ1) is 25.8. The number of nitrogens with zero attached hydrogens (tertiary/aromatic N) is 5. The fourth-order valence-electron chi connectivity index (χ4n) is 4.01. The van der Waals surface area contributed by atoms with Crippen LogP contribution in [0.25, 0.3) is 16.9 Å². The number of carbonyl (C=O) groups is 1. The Labute approximate surface area is 214 Å². The number of benzene rings is 1. The second-order valence-corrected chi connectivity index (χ2v) is 8.35. The first-order valence-corrected chi connectivity index (χ1v) is 11.1. The van der Waals surface area contributed by atoms with Gasteiger partial charge in [-0.2, -0.15) is 19.0 Å². The topological polar surface area (TPSA) is 119 Å². The molecule has 1 amide bonds. The lowest BCUT2D eigenvalue weighted by molar-refractivity contribution is -0.0494. The number of halogens is 4. The molecule has 4 heterocycles. The van der Waals surface area contributed by atoms with Gasteiger partial charge in [-0.05, 0) is 37.2 Å². The summed E-state index contributed by atoms with van der Waals surface area (Å²) in [5, 5.41) is 25.4. The number of aromatic nitrogens is 5. The second-order valence-electron chi connectivity index (χ2n) is 7.92. The second kappa shape index (κ2) is 10.7. The zero-order valence-electron chi connectivity index (χ0n) is 18.5. The fraction of sp³-hybridized carbons (Fsp3) is 0.273. The quantitative estimate of drug-likeness (QED) is 0.343. The summed E-state index contributed by atoms with van der Waals surface area (Å²) in [5.41, 5.74) is 1.07. The maximum absolute atomic E-state index is 13.2. The summed E-state index contributed by atoms with van der Waals surface area (Å²) in [7, 11) is 0. The van der Waals surface area contributed by atoms with Gasteiger partial charge >= 0.3 is 6.61 Å². The Bertz CT molecular complexity index is 1380. The van der Waals surface area contributed by atoms with Crippen LogP contribution < -0.4 is 15.4 Å². The summed E-state index contributed by atoms with van der Waals surface area (Å²) >= 11 is 6.15. The van der Waals surface area contributed by atoms with Crippen molar-refractivity contribution in [2.75, 3.05) is 18.4 Å². The minimum absolute atomic E-state index is 0. The number of amides is 1. The molecule has 4 aromatic rings. The predicted molar refractivity (Wildman–Crippen MR) is 130 cm³/mol. The molecule has 1 aliphatic heterocycles. The SMILES string of the molecule is Cl.O=C(Nc1cn([C@@H]2CNCC[C@H]2O)nc1-c1cc(Cl)ccc1OC(F)F)c1cnn2cccnc12. The maximum atomic E-state index is 13.2. The average Bonchev–Trinajstić information content (AvgIpc) is 3.45. The maximum Gasteiger partial charge on any atom is 0.387 e. The lowest BCUT2D eigenvalue weighted by atomic mass is 10.0. The number of nitrogens with one attached hydrogen (secondary N) is 2. The number of anilines is 1. The van der Waals surface area contributed by atoms with Crippen molar-refractivity contribution in [3.8, 4) is 17.0 Å². The Kier molecular flexibility index (Phi) is 7.69. The zero-order chi connectivity index (χ0) is 24.5. The van der Waals surface area contributed by atoms with Crippen LogP contribution in [0, 0.1) is 0 Å². The van der Waals surface area contributed by atoms with E-state index in [-0.39, 0.29) is 45.7 Å². The van der Waals surface area contributed by atoms with E-state index in [0.29, 0.717) is 25.2 Å². The Morgan fingerprint density at radius 3 is 2.97 bits per heavy atom. The molecule has 0 saturated carbocycles. The van der Waals surface area contributed by atoms with Crippen LogP contribution in [0.4, 0.5) is 14.5 Å². The monoisotopic (exact) mass is 539 g/mol. The van der Waals surface area contributed by atoms with Gasteiger partial charge in [0.05, 0.1) is 24.0 Å². The van der Waals surface area contributed by atoms with Gasteiger partial charge in [0, 0.05) is 35.7 Å². The van der Waals surface area contributed by atoms with Crippen LogP contribution in [-0.2, 0) is 0 Å². The minimum atomic E-state index is -3.08. The van der Waals surface area contributed by atoms with Crippen molar-refractivity contribution in [3.63, 3.8) is 0 Å². The molecule has 1 aliphatic rings. The number of ether oxygens (including phenoxy) is 1. The van der Waals surface area contributed by atoms with Gasteiger partial charge in [-0.1, -0.05) is 11.6 Å². The van der Waals surface area contributed by atoms with Crippen LogP contribution in [0.3, 0.4) is 0 Å². The van der Waals surface area contributed by atoms with Gasteiger partial charge in [0.25, 0.3) is 5.91 Å². The molecular weight excluding hydrogens is 519 g/mol. The highest BCUT2D eigenvalue weighted by Gasteiger charge is 2.28. The normalized spacial score (nSPS) is 17.7. The van der Waals surface area contributed by atoms with Gasteiger partial charge in [0.2, 0.25) is 0 Å². The average molecular weight is 540 g/mol. The molecule has 0 unspecified atom stereocenters. The van der Waals surface area contributed by atoms with Crippen molar-refractivity contribution in [2.24, 2.45) is 0 Å². The van der Waals surface area contributed by atoms with E-state index in [2.05, 4.69) is 30.6 Å². The van der Waals surface area contributed by atoms with E-state index >= 15 is 0 Å².